The molecule has 1 amide bonds. The second-order valence-electron chi connectivity index (χ2n) is 6.62. The topological polar surface area (TPSA) is 52.5 Å². The number of rotatable bonds is 7. The molecule has 5 nitrogen and oxygen atoms in total. The van der Waals surface area contributed by atoms with Crippen LogP contribution in [0.15, 0.2) is 60.7 Å². The molecule has 5 heteroatoms. The highest BCUT2D eigenvalue weighted by Gasteiger charge is 2.17. The second-order valence-corrected chi connectivity index (χ2v) is 6.62. The Morgan fingerprint density at radius 3 is 2.29 bits per heavy atom. The standard InChI is InChI=1S/C23H26N2O3/c1-5-27-22-9-7-6-8-21(22)24-23(26)18(4)28-20-14-12-19(13-15-20)25-16(2)10-11-17(25)3/h6-15,18H,5H2,1-4H3,(H,24,26). The smallest absolute Gasteiger partial charge is 0.265 e. The average molecular weight is 378 g/mol. The summed E-state index contributed by atoms with van der Waals surface area (Å²) in [6.07, 6.45) is -0.643. The molecule has 1 atom stereocenters. The van der Waals surface area contributed by atoms with Gasteiger partial charge in [0, 0.05) is 17.1 Å². The summed E-state index contributed by atoms with van der Waals surface area (Å²) in [7, 11) is 0. The number of aromatic nitrogens is 1. The summed E-state index contributed by atoms with van der Waals surface area (Å²) in [5, 5.41) is 2.87. The first-order chi connectivity index (χ1) is 13.5. The lowest BCUT2D eigenvalue weighted by Crippen LogP contribution is -2.30. The molecule has 0 aliphatic heterocycles. The minimum absolute atomic E-state index is 0.228. The summed E-state index contributed by atoms with van der Waals surface area (Å²) < 4.78 is 13.5. The Balaban J connectivity index is 1.66. The highest BCUT2D eigenvalue weighted by Crippen LogP contribution is 2.24. The van der Waals surface area contributed by atoms with Crippen molar-refractivity contribution in [3.63, 3.8) is 0 Å². The van der Waals surface area contributed by atoms with E-state index < -0.39 is 6.10 Å². The lowest BCUT2D eigenvalue weighted by Gasteiger charge is -2.17. The summed E-state index contributed by atoms with van der Waals surface area (Å²) in [6, 6.07) is 19.3. The fourth-order valence-electron chi connectivity index (χ4n) is 3.09. The van der Waals surface area contributed by atoms with Crippen molar-refractivity contribution in [3.05, 3.63) is 72.1 Å². The van der Waals surface area contributed by atoms with Crippen molar-refractivity contribution in [2.75, 3.05) is 11.9 Å². The third kappa shape index (κ3) is 4.36. The Bertz CT molecular complexity index is 925. The Hall–Kier alpha value is -3.21. The number of hydrogen-bond acceptors (Lipinski definition) is 3. The maximum absolute atomic E-state index is 12.5. The van der Waals surface area contributed by atoms with E-state index in [0.29, 0.717) is 23.8 Å². The van der Waals surface area contributed by atoms with Crippen molar-refractivity contribution >= 4 is 11.6 Å². The van der Waals surface area contributed by atoms with Crippen LogP contribution >= 0.6 is 0 Å². The van der Waals surface area contributed by atoms with Crippen LogP contribution in [0.25, 0.3) is 5.69 Å². The molecule has 3 rings (SSSR count). The van der Waals surface area contributed by atoms with Gasteiger partial charge in [-0.2, -0.15) is 0 Å². The van der Waals surface area contributed by atoms with E-state index in [0.717, 1.165) is 5.69 Å². The molecule has 2 aromatic carbocycles. The normalized spacial score (nSPS) is 11.7. The number of ether oxygens (including phenoxy) is 2. The van der Waals surface area contributed by atoms with Crippen LogP contribution in [0.5, 0.6) is 11.5 Å². The van der Waals surface area contributed by atoms with E-state index in [1.54, 1.807) is 6.92 Å². The van der Waals surface area contributed by atoms with Crippen molar-refractivity contribution in [3.8, 4) is 17.2 Å². The van der Waals surface area contributed by atoms with Gasteiger partial charge in [-0.1, -0.05) is 12.1 Å². The number of amides is 1. The Labute approximate surface area is 165 Å². The van der Waals surface area contributed by atoms with E-state index in [1.807, 2.05) is 55.5 Å². The SMILES string of the molecule is CCOc1ccccc1NC(=O)C(C)Oc1ccc(-n2c(C)ccc2C)cc1. The van der Waals surface area contributed by atoms with Crippen LogP contribution in [0.4, 0.5) is 5.69 Å². The van der Waals surface area contributed by atoms with Gasteiger partial charge in [-0.05, 0) is 76.2 Å². The van der Waals surface area contributed by atoms with Crippen LogP contribution in [-0.4, -0.2) is 23.2 Å². The molecule has 1 unspecified atom stereocenters. The Kier molecular flexibility index (Phi) is 6.04. The van der Waals surface area contributed by atoms with Gasteiger partial charge in [0.15, 0.2) is 6.10 Å². The van der Waals surface area contributed by atoms with E-state index >= 15 is 0 Å². The zero-order chi connectivity index (χ0) is 20.1. The van der Waals surface area contributed by atoms with Gasteiger partial charge in [0.1, 0.15) is 11.5 Å². The molecule has 0 aliphatic rings. The summed E-state index contributed by atoms with van der Waals surface area (Å²) in [5.41, 5.74) is 4.05. The maximum Gasteiger partial charge on any atom is 0.265 e. The fourth-order valence-corrected chi connectivity index (χ4v) is 3.09. The Morgan fingerprint density at radius 1 is 1.00 bits per heavy atom. The van der Waals surface area contributed by atoms with Crippen molar-refractivity contribution < 1.29 is 14.3 Å². The van der Waals surface area contributed by atoms with Crippen LogP contribution in [0.1, 0.15) is 25.2 Å². The highest BCUT2D eigenvalue weighted by atomic mass is 16.5. The molecular weight excluding hydrogens is 352 g/mol. The minimum atomic E-state index is -0.643. The van der Waals surface area contributed by atoms with Gasteiger partial charge >= 0.3 is 0 Å². The van der Waals surface area contributed by atoms with Crippen LogP contribution < -0.4 is 14.8 Å². The van der Waals surface area contributed by atoms with Crippen molar-refractivity contribution in [2.24, 2.45) is 0 Å². The van der Waals surface area contributed by atoms with Gasteiger partial charge < -0.3 is 19.4 Å². The third-order valence-electron chi connectivity index (χ3n) is 4.49. The summed E-state index contributed by atoms with van der Waals surface area (Å²) in [5.74, 6) is 1.06. The summed E-state index contributed by atoms with van der Waals surface area (Å²) in [4.78, 5) is 12.5. The summed E-state index contributed by atoms with van der Waals surface area (Å²) >= 11 is 0. The zero-order valence-electron chi connectivity index (χ0n) is 16.7. The van der Waals surface area contributed by atoms with E-state index in [4.69, 9.17) is 9.47 Å². The number of hydrogen-bond donors (Lipinski definition) is 1. The van der Waals surface area contributed by atoms with E-state index in [2.05, 4.69) is 35.9 Å². The predicted molar refractivity (Wildman–Crippen MR) is 112 cm³/mol. The van der Waals surface area contributed by atoms with Crippen LogP contribution in [0.3, 0.4) is 0 Å². The van der Waals surface area contributed by atoms with Crippen molar-refractivity contribution in [2.45, 2.75) is 33.8 Å². The largest absolute Gasteiger partial charge is 0.492 e. The Morgan fingerprint density at radius 2 is 1.64 bits per heavy atom. The quantitative estimate of drug-likeness (QED) is 0.636. The number of para-hydroxylation sites is 2. The van der Waals surface area contributed by atoms with Crippen LogP contribution in [0, 0.1) is 13.8 Å². The average Bonchev–Trinajstić information content (AvgIpc) is 3.02. The first kappa shape index (κ1) is 19.5. The van der Waals surface area contributed by atoms with Gasteiger partial charge in [-0.3, -0.25) is 4.79 Å². The first-order valence-corrected chi connectivity index (χ1v) is 9.44. The number of carbonyl (C=O) groups excluding carboxylic acids is 1. The van der Waals surface area contributed by atoms with Gasteiger partial charge in [-0.25, -0.2) is 0 Å². The number of aryl methyl sites for hydroxylation is 2. The van der Waals surface area contributed by atoms with Gasteiger partial charge in [0.05, 0.1) is 12.3 Å². The molecule has 0 fully saturated rings. The van der Waals surface area contributed by atoms with Crippen LogP contribution in [-0.2, 0) is 4.79 Å². The van der Waals surface area contributed by atoms with E-state index in [1.165, 1.54) is 11.4 Å². The van der Waals surface area contributed by atoms with Gasteiger partial charge in [-0.15, -0.1) is 0 Å². The number of nitrogens with one attached hydrogen (secondary N) is 1. The molecular formula is C23H26N2O3. The minimum Gasteiger partial charge on any atom is -0.492 e. The van der Waals surface area contributed by atoms with Crippen LogP contribution in [0.2, 0.25) is 0 Å². The molecule has 0 aliphatic carbocycles. The second kappa shape index (κ2) is 8.65. The molecule has 1 aromatic heterocycles. The molecule has 3 aromatic rings. The van der Waals surface area contributed by atoms with Crippen molar-refractivity contribution in [1.29, 1.82) is 0 Å². The molecule has 146 valence electrons. The molecule has 1 heterocycles. The number of carbonyl (C=O) groups is 1. The number of nitrogens with zero attached hydrogens (tertiary/aromatic N) is 1. The summed E-state index contributed by atoms with van der Waals surface area (Å²) in [6.45, 7) is 8.32. The van der Waals surface area contributed by atoms with Gasteiger partial charge in [0.2, 0.25) is 0 Å². The highest BCUT2D eigenvalue weighted by molar-refractivity contribution is 5.95. The van der Waals surface area contributed by atoms with Crippen molar-refractivity contribution in [1.82, 2.24) is 4.57 Å². The molecule has 0 bridgehead atoms. The molecule has 0 radical (unpaired) electrons. The number of benzene rings is 2. The third-order valence-corrected chi connectivity index (χ3v) is 4.49. The molecule has 0 saturated heterocycles. The van der Waals surface area contributed by atoms with Gasteiger partial charge in [0.25, 0.3) is 5.91 Å². The van der Waals surface area contributed by atoms with E-state index in [-0.39, 0.29) is 5.91 Å². The molecule has 28 heavy (non-hydrogen) atoms. The lowest BCUT2D eigenvalue weighted by atomic mass is 10.2. The lowest BCUT2D eigenvalue weighted by molar-refractivity contribution is -0.122. The zero-order valence-corrected chi connectivity index (χ0v) is 16.7. The van der Waals surface area contributed by atoms with E-state index in [9.17, 15) is 4.79 Å². The molecule has 1 N–H and O–H groups in total. The number of anilines is 1. The first-order valence-electron chi connectivity index (χ1n) is 9.44. The fraction of sp³-hybridized carbons (Fsp3) is 0.261. The maximum atomic E-state index is 12.5. The predicted octanol–water partition coefficient (Wildman–Crippen LogP) is 4.90. The molecule has 0 saturated carbocycles. The molecule has 0 spiro atoms. The monoisotopic (exact) mass is 378 g/mol.